The molecule has 0 atom stereocenters. The third-order valence-electron chi connectivity index (χ3n) is 5.23. The van der Waals surface area contributed by atoms with Crippen molar-refractivity contribution < 1.29 is 9.59 Å². The fraction of sp³-hybridized carbons (Fsp3) is 0.167. The molecular weight excluding hydrogens is 398 g/mol. The number of rotatable bonds is 4. The monoisotopic (exact) mass is 419 g/mol. The summed E-state index contributed by atoms with van der Waals surface area (Å²) in [5.41, 5.74) is 5.55. The molecule has 146 valence electrons. The van der Waals surface area contributed by atoms with Crippen LogP contribution in [0.4, 0.5) is 0 Å². The molecular formula is C24H21NO2S2. The number of H-pyrrole nitrogens is 1. The molecule has 1 aliphatic rings. The number of allylic oxidation sites excluding steroid dienone is 2. The van der Waals surface area contributed by atoms with Crippen LogP contribution >= 0.6 is 23.5 Å². The summed E-state index contributed by atoms with van der Waals surface area (Å²) < 4.78 is 0. The maximum atomic E-state index is 13.2. The SMILES string of the molecule is Cc1ccc(SC2=C(Sc3ccc(C)c(C)c3)C(=O)c3[nH]ccc3C2=O)cc1C. The summed E-state index contributed by atoms with van der Waals surface area (Å²) in [6.45, 7) is 8.22. The van der Waals surface area contributed by atoms with E-state index < -0.39 is 0 Å². The Balaban J connectivity index is 1.80. The highest BCUT2D eigenvalue weighted by Gasteiger charge is 2.34. The maximum absolute atomic E-state index is 13.2. The van der Waals surface area contributed by atoms with Crippen molar-refractivity contribution in [3.8, 4) is 0 Å². The summed E-state index contributed by atoms with van der Waals surface area (Å²) >= 11 is 2.74. The van der Waals surface area contributed by atoms with Gasteiger partial charge in [-0.15, -0.1) is 0 Å². The van der Waals surface area contributed by atoms with Crippen molar-refractivity contribution in [2.75, 3.05) is 0 Å². The smallest absolute Gasteiger partial charge is 0.217 e. The average molecular weight is 420 g/mol. The lowest BCUT2D eigenvalue weighted by molar-refractivity contribution is 0.0986. The number of thioether (sulfide) groups is 2. The van der Waals surface area contributed by atoms with Gasteiger partial charge >= 0.3 is 0 Å². The number of ketones is 2. The first kappa shape index (κ1) is 19.8. The molecule has 5 heteroatoms. The Kier molecular flexibility index (Phi) is 5.28. The van der Waals surface area contributed by atoms with Crippen LogP contribution in [0.1, 0.15) is 43.1 Å². The van der Waals surface area contributed by atoms with E-state index in [1.807, 2.05) is 24.3 Å². The highest BCUT2D eigenvalue weighted by Crippen LogP contribution is 2.43. The van der Waals surface area contributed by atoms with Crippen LogP contribution < -0.4 is 0 Å². The van der Waals surface area contributed by atoms with Crippen molar-refractivity contribution in [1.82, 2.24) is 4.98 Å². The molecule has 1 aromatic heterocycles. The van der Waals surface area contributed by atoms with Gasteiger partial charge in [0.15, 0.2) is 0 Å². The molecule has 1 heterocycles. The fourth-order valence-electron chi connectivity index (χ4n) is 3.16. The molecule has 3 aromatic rings. The first-order valence-corrected chi connectivity index (χ1v) is 11.0. The van der Waals surface area contributed by atoms with E-state index in [0.717, 1.165) is 20.9 Å². The van der Waals surface area contributed by atoms with Gasteiger partial charge in [0.05, 0.1) is 21.1 Å². The Bertz CT molecular complexity index is 1100. The first-order valence-electron chi connectivity index (χ1n) is 9.36. The molecule has 0 spiro atoms. The van der Waals surface area contributed by atoms with Gasteiger partial charge in [-0.1, -0.05) is 35.7 Å². The number of aromatic nitrogens is 1. The molecule has 3 nitrogen and oxygen atoms in total. The fourth-order valence-corrected chi connectivity index (χ4v) is 5.40. The third-order valence-corrected chi connectivity index (χ3v) is 7.53. The van der Waals surface area contributed by atoms with Crippen LogP contribution in [-0.4, -0.2) is 16.6 Å². The van der Waals surface area contributed by atoms with Gasteiger partial charge in [-0.2, -0.15) is 0 Å². The lowest BCUT2D eigenvalue weighted by Crippen LogP contribution is -2.18. The van der Waals surface area contributed by atoms with Crippen molar-refractivity contribution in [2.45, 2.75) is 37.5 Å². The number of hydrogen-bond acceptors (Lipinski definition) is 4. The van der Waals surface area contributed by atoms with Crippen molar-refractivity contribution in [1.29, 1.82) is 0 Å². The Morgan fingerprint density at radius 1 is 0.655 bits per heavy atom. The summed E-state index contributed by atoms with van der Waals surface area (Å²) in [6, 6.07) is 13.9. The van der Waals surface area contributed by atoms with E-state index in [9.17, 15) is 9.59 Å². The normalized spacial score (nSPS) is 13.8. The molecule has 0 amide bonds. The highest BCUT2D eigenvalue weighted by atomic mass is 32.2. The molecule has 0 saturated heterocycles. The lowest BCUT2D eigenvalue weighted by atomic mass is 10.0. The molecule has 0 radical (unpaired) electrons. The number of carbonyl (C=O) groups excluding carboxylic acids is 2. The van der Waals surface area contributed by atoms with Crippen LogP contribution in [0.5, 0.6) is 0 Å². The van der Waals surface area contributed by atoms with Crippen LogP contribution in [0.25, 0.3) is 0 Å². The van der Waals surface area contributed by atoms with Crippen molar-refractivity contribution in [2.24, 2.45) is 0 Å². The molecule has 1 N–H and O–H groups in total. The predicted molar refractivity (Wildman–Crippen MR) is 120 cm³/mol. The third kappa shape index (κ3) is 3.72. The second kappa shape index (κ2) is 7.73. The minimum absolute atomic E-state index is 0.101. The molecule has 4 rings (SSSR count). The zero-order chi connectivity index (χ0) is 20.7. The van der Waals surface area contributed by atoms with E-state index in [1.54, 1.807) is 12.3 Å². The van der Waals surface area contributed by atoms with Gasteiger partial charge < -0.3 is 4.98 Å². The van der Waals surface area contributed by atoms with Gasteiger partial charge in [-0.3, -0.25) is 9.59 Å². The van der Waals surface area contributed by atoms with Gasteiger partial charge in [0.25, 0.3) is 0 Å². The molecule has 0 aliphatic heterocycles. The second-order valence-electron chi connectivity index (χ2n) is 7.28. The first-order chi connectivity index (χ1) is 13.8. The molecule has 2 aromatic carbocycles. The maximum Gasteiger partial charge on any atom is 0.217 e. The summed E-state index contributed by atoms with van der Waals surface area (Å²) in [7, 11) is 0. The number of aromatic amines is 1. The van der Waals surface area contributed by atoms with Gasteiger partial charge in [0.2, 0.25) is 11.6 Å². The zero-order valence-electron chi connectivity index (χ0n) is 16.8. The Labute approximate surface area is 179 Å². The largest absolute Gasteiger partial charge is 0.358 e. The van der Waals surface area contributed by atoms with E-state index >= 15 is 0 Å². The van der Waals surface area contributed by atoms with Crippen molar-refractivity contribution >= 4 is 35.1 Å². The number of aryl methyl sites for hydroxylation is 4. The number of carbonyl (C=O) groups is 2. The van der Waals surface area contributed by atoms with Gasteiger partial charge in [-0.25, -0.2) is 0 Å². The van der Waals surface area contributed by atoms with Crippen LogP contribution in [0.2, 0.25) is 0 Å². The lowest BCUT2D eigenvalue weighted by Gasteiger charge is -2.18. The Morgan fingerprint density at radius 3 is 1.69 bits per heavy atom. The predicted octanol–water partition coefficient (Wildman–Crippen LogP) is 6.42. The Morgan fingerprint density at radius 2 is 1.17 bits per heavy atom. The average Bonchev–Trinajstić information content (AvgIpc) is 3.18. The van der Waals surface area contributed by atoms with Crippen LogP contribution in [0.15, 0.2) is 68.3 Å². The van der Waals surface area contributed by atoms with Gasteiger partial charge in [-0.05, 0) is 80.3 Å². The minimum Gasteiger partial charge on any atom is -0.358 e. The number of Topliss-reactive ketones (excluding diaryl/α,β-unsaturated/α-hetero) is 2. The topological polar surface area (TPSA) is 49.9 Å². The standard InChI is InChI=1S/C24H21NO2S2/c1-13-5-7-17(11-15(13)3)28-23-21(26)19-9-10-25-20(19)22(27)24(23)29-18-8-6-14(2)16(4)12-18/h5-12,25H,1-4H3. The molecule has 0 saturated carbocycles. The van der Waals surface area contributed by atoms with E-state index in [4.69, 9.17) is 0 Å². The zero-order valence-corrected chi connectivity index (χ0v) is 18.4. The number of hydrogen-bond donors (Lipinski definition) is 1. The highest BCUT2D eigenvalue weighted by molar-refractivity contribution is 8.08. The molecule has 0 unspecified atom stereocenters. The molecule has 0 bridgehead atoms. The van der Waals surface area contributed by atoms with Crippen molar-refractivity contribution in [3.05, 3.63) is 92.0 Å². The van der Waals surface area contributed by atoms with Crippen LogP contribution in [-0.2, 0) is 0 Å². The number of fused-ring (bicyclic) bond motifs is 1. The van der Waals surface area contributed by atoms with Gasteiger partial charge in [0, 0.05) is 16.0 Å². The van der Waals surface area contributed by atoms with Crippen LogP contribution in [0, 0.1) is 27.7 Å². The van der Waals surface area contributed by atoms with E-state index in [1.165, 1.54) is 34.7 Å². The number of benzene rings is 2. The van der Waals surface area contributed by atoms with E-state index in [-0.39, 0.29) is 11.6 Å². The molecule has 0 fully saturated rings. The van der Waals surface area contributed by atoms with Crippen molar-refractivity contribution in [3.63, 3.8) is 0 Å². The summed E-state index contributed by atoms with van der Waals surface area (Å²) in [4.78, 5) is 32.3. The minimum atomic E-state index is -0.126. The second-order valence-corrected chi connectivity index (χ2v) is 9.45. The van der Waals surface area contributed by atoms with Gasteiger partial charge in [0.1, 0.15) is 0 Å². The summed E-state index contributed by atoms with van der Waals surface area (Å²) in [5.74, 6) is -0.227. The molecule has 1 aliphatic carbocycles. The summed E-state index contributed by atoms with van der Waals surface area (Å²) in [6.07, 6.45) is 1.66. The van der Waals surface area contributed by atoms with E-state index in [2.05, 4.69) is 44.8 Å². The Hall–Kier alpha value is -2.50. The quantitative estimate of drug-likeness (QED) is 0.530. The van der Waals surface area contributed by atoms with Crippen LogP contribution in [0.3, 0.4) is 0 Å². The summed E-state index contributed by atoms with van der Waals surface area (Å²) in [5, 5.41) is 0. The molecule has 29 heavy (non-hydrogen) atoms. The number of nitrogens with one attached hydrogen (secondary N) is 1. The van der Waals surface area contributed by atoms with E-state index in [0.29, 0.717) is 21.1 Å².